The van der Waals surface area contributed by atoms with Gasteiger partial charge in [0.1, 0.15) is 5.52 Å². The van der Waals surface area contributed by atoms with Gasteiger partial charge in [0.15, 0.2) is 0 Å². The molecule has 0 atom stereocenters. The molecule has 92 valence electrons. The van der Waals surface area contributed by atoms with E-state index in [0.717, 1.165) is 37.0 Å². The quantitative estimate of drug-likeness (QED) is 0.712. The highest BCUT2D eigenvalue weighted by atomic mass is 15.0. The number of fused-ring (bicyclic) bond motifs is 3. The number of rotatable bonds is 4. The van der Waals surface area contributed by atoms with Gasteiger partial charge in [-0.1, -0.05) is 18.2 Å². The maximum atomic E-state index is 5.54. The normalized spacial score (nSPS) is 11.4. The van der Waals surface area contributed by atoms with Crippen molar-refractivity contribution in [2.75, 3.05) is 6.54 Å². The van der Waals surface area contributed by atoms with Crippen molar-refractivity contribution in [3.63, 3.8) is 0 Å². The smallest absolute Gasteiger partial charge is 0.107 e. The highest BCUT2D eigenvalue weighted by molar-refractivity contribution is 6.01. The summed E-state index contributed by atoms with van der Waals surface area (Å²) in [6.07, 6.45) is 5.87. The van der Waals surface area contributed by atoms with Crippen LogP contribution >= 0.6 is 0 Å². The molecular formula is C14H16N4. The van der Waals surface area contributed by atoms with Crippen molar-refractivity contribution in [3.05, 3.63) is 36.8 Å². The second-order valence-electron chi connectivity index (χ2n) is 4.44. The molecule has 0 radical (unpaired) electrons. The minimum Gasteiger partial charge on any atom is -0.330 e. The number of aromatic nitrogens is 3. The number of para-hydroxylation sites is 1. The summed E-state index contributed by atoms with van der Waals surface area (Å²) in [5.74, 6) is 0. The third-order valence-corrected chi connectivity index (χ3v) is 3.20. The molecule has 0 unspecified atom stereocenters. The Morgan fingerprint density at radius 3 is 2.83 bits per heavy atom. The van der Waals surface area contributed by atoms with Crippen molar-refractivity contribution < 1.29 is 0 Å². The van der Waals surface area contributed by atoms with Gasteiger partial charge in [-0.2, -0.15) is 0 Å². The highest BCUT2D eigenvalue weighted by Crippen LogP contribution is 2.22. The molecule has 0 aliphatic heterocycles. The van der Waals surface area contributed by atoms with Crippen LogP contribution in [0, 0.1) is 0 Å². The molecule has 4 nitrogen and oxygen atoms in total. The van der Waals surface area contributed by atoms with Gasteiger partial charge in [-0.3, -0.25) is 4.98 Å². The van der Waals surface area contributed by atoms with Gasteiger partial charge in [0.05, 0.1) is 23.6 Å². The lowest BCUT2D eigenvalue weighted by Crippen LogP contribution is -2.02. The Hall–Kier alpha value is -1.94. The molecule has 3 rings (SSSR count). The van der Waals surface area contributed by atoms with Crippen molar-refractivity contribution in [1.82, 2.24) is 14.5 Å². The van der Waals surface area contributed by atoms with Gasteiger partial charge in [-0.05, 0) is 25.5 Å². The summed E-state index contributed by atoms with van der Waals surface area (Å²) in [6.45, 7) is 1.71. The lowest BCUT2D eigenvalue weighted by Gasteiger charge is -2.05. The van der Waals surface area contributed by atoms with Crippen LogP contribution in [0.3, 0.4) is 0 Å². The standard InChI is InChI=1S/C14H16N4/c15-7-3-4-8-18-10-17-13-9-16-12-6-2-1-5-11(12)14(13)18/h1-2,5-6,9-10H,3-4,7-8,15H2. The summed E-state index contributed by atoms with van der Waals surface area (Å²) >= 11 is 0. The summed E-state index contributed by atoms with van der Waals surface area (Å²) in [6, 6.07) is 8.19. The van der Waals surface area contributed by atoms with Crippen molar-refractivity contribution in [2.45, 2.75) is 19.4 Å². The third kappa shape index (κ3) is 1.84. The van der Waals surface area contributed by atoms with E-state index in [4.69, 9.17) is 5.73 Å². The number of nitrogens with zero attached hydrogens (tertiary/aromatic N) is 3. The Labute approximate surface area is 105 Å². The van der Waals surface area contributed by atoms with Crippen molar-refractivity contribution in [3.8, 4) is 0 Å². The highest BCUT2D eigenvalue weighted by Gasteiger charge is 2.07. The van der Waals surface area contributed by atoms with E-state index in [9.17, 15) is 0 Å². The van der Waals surface area contributed by atoms with Gasteiger partial charge in [0.2, 0.25) is 0 Å². The maximum absolute atomic E-state index is 5.54. The van der Waals surface area contributed by atoms with Crippen LogP contribution in [0.15, 0.2) is 36.8 Å². The average Bonchev–Trinajstić information content (AvgIpc) is 2.83. The van der Waals surface area contributed by atoms with E-state index in [0.29, 0.717) is 0 Å². The van der Waals surface area contributed by atoms with E-state index < -0.39 is 0 Å². The monoisotopic (exact) mass is 240 g/mol. The largest absolute Gasteiger partial charge is 0.330 e. The number of benzene rings is 1. The number of aryl methyl sites for hydroxylation is 1. The second kappa shape index (κ2) is 4.74. The molecule has 4 heteroatoms. The molecule has 18 heavy (non-hydrogen) atoms. The third-order valence-electron chi connectivity index (χ3n) is 3.20. The maximum Gasteiger partial charge on any atom is 0.107 e. The minimum absolute atomic E-state index is 0.745. The van der Waals surface area contributed by atoms with Gasteiger partial charge in [-0.25, -0.2) is 4.98 Å². The zero-order valence-electron chi connectivity index (χ0n) is 10.2. The lowest BCUT2D eigenvalue weighted by atomic mass is 10.2. The molecular weight excluding hydrogens is 224 g/mol. The van der Waals surface area contributed by atoms with Gasteiger partial charge < -0.3 is 10.3 Å². The Bertz CT molecular complexity index is 672. The Morgan fingerprint density at radius 2 is 1.94 bits per heavy atom. The van der Waals surface area contributed by atoms with Crippen LogP contribution in [0.5, 0.6) is 0 Å². The van der Waals surface area contributed by atoms with E-state index in [2.05, 4.69) is 20.6 Å². The van der Waals surface area contributed by atoms with Gasteiger partial charge >= 0.3 is 0 Å². The molecule has 3 aromatic rings. The van der Waals surface area contributed by atoms with Crippen molar-refractivity contribution in [2.24, 2.45) is 5.73 Å². The van der Waals surface area contributed by atoms with Crippen LogP contribution in [0.1, 0.15) is 12.8 Å². The van der Waals surface area contributed by atoms with E-state index in [1.807, 2.05) is 30.7 Å². The fraction of sp³-hybridized carbons (Fsp3) is 0.286. The zero-order valence-corrected chi connectivity index (χ0v) is 10.2. The summed E-state index contributed by atoms with van der Waals surface area (Å²) in [5, 5.41) is 1.17. The number of imidazole rings is 1. The lowest BCUT2D eigenvalue weighted by molar-refractivity contribution is 0.627. The van der Waals surface area contributed by atoms with E-state index in [-0.39, 0.29) is 0 Å². The molecule has 0 aliphatic rings. The molecule has 1 aromatic carbocycles. The molecule has 0 bridgehead atoms. The van der Waals surface area contributed by atoms with Crippen LogP contribution in [-0.2, 0) is 6.54 Å². The number of unbranched alkanes of at least 4 members (excludes halogenated alkanes) is 1. The van der Waals surface area contributed by atoms with Crippen molar-refractivity contribution >= 4 is 21.9 Å². The molecule has 0 aliphatic carbocycles. The van der Waals surface area contributed by atoms with Crippen LogP contribution in [-0.4, -0.2) is 21.1 Å². The molecule has 2 aromatic heterocycles. The van der Waals surface area contributed by atoms with Crippen LogP contribution < -0.4 is 5.73 Å². The first-order valence-electron chi connectivity index (χ1n) is 6.29. The molecule has 2 N–H and O–H groups in total. The van der Waals surface area contributed by atoms with Gasteiger partial charge in [-0.15, -0.1) is 0 Å². The summed E-state index contributed by atoms with van der Waals surface area (Å²) in [7, 11) is 0. The second-order valence-corrected chi connectivity index (χ2v) is 4.44. The summed E-state index contributed by atoms with van der Waals surface area (Å²) < 4.78 is 2.20. The molecule has 2 heterocycles. The number of hydrogen-bond donors (Lipinski definition) is 1. The fourth-order valence-corrected chi connectivity index (χ4v) is 2.30. The first-order valence-corrected chi connectivity index (χ1v) is 6.29. The molecule has 0 amide bonds. The first-order chi connectivity index (χ1) is 8.90. The SMILES string of the molecule is NCCCCn1cnc2cnc3ccccc3c21. The number of pyridine rings is 1. The van der Waals surface area contributed by atoms with Crippen LogP contribution in [0.4, 0.5) is 0 Å². The van der Waals surface area contributed by atoms with E-state index in [1.165, 1.54) is 10.9 Å². The predicted octanol–water partition coefficient (Wildman–Crippen LogP) is 2.32. The first kappa shape index (κ1) is 11.2. The predicted molar refractivity (Wildman–Crippen MR) is 73.3 cm³/mol. The topological polar surface area (TPSA) is 56.7 Å². The van der Waals surface area contributed by atoms with Crippen LogP contribution in [0.25, 0.3) is 21.9 Å². The van der Waals surface area contributed by atoms with Gasteiger partial charge in [0, 0.05) is 11.9 Å². The molecule has 0 saturated carbocycles. The Kier molecular flexibility index (Phi) is 2.94. The summed E-state index contributed by atoms with van der Waals surface area (Å²) in [4.78, 5) is 8.84. The Balaban J connectivity index is 2.12. The summed E-state index contributed by atoms with van der Waals surface area (Å²) in [5.41, 5.74) is 8.69. The molecule has 0 spiro atoms. The van der Waals surface area contributed by atoms with Gasteiger partial charge in [0.25, 0.3) is 0 Å². The average molecular weight is 240 g/mol. The van der Waals surface area contributed by atoms with Crippen molar-refractivity contribution in [1.29, 1.82) is 0 Å². The minimum atomic E-state index is 0.745. The fourth-order valence-electron chi connectivity index (χ4n) is 2.30. The Morgan fingerprint density at radius 1 is 1.06 bits per heavy atom. The number of hydrogen-bond acceptors (Lipinski definition) is 3. The van der Waals surface area contributed by atoms with Crippen LogP contribution in [0.2, 0.25) is 0 Å². The zero-order chi connectivity index (χ0) is 12.4. The van der Waals surface area contributed by atoms with E-state index in [1.54, 1.807) is 0 Å². The number of nitrogens with two attached hydrogens (primary N) is 1. The molecule has 0 saturated heterocycles. The molecule has 0 fully saturated rings. The van der Waals surface area contributed by atoms with E-state index >= 15 is 0 Å².